The Morgan fingerprint density at radius 1 is 1.15 bits per heavy atom. The smallest absolute Gasteiger partial charge is 0.123 e. The third-order valence-electron chi connectivity index (χ3n) is 6.85. The van der Waals surface area contributed by atoms with Crippen LogP contribution in [0.4, 0.5) is 4.39 Å². The van der Waals surface area contributed by atoms with Gasteiger partial charge in [-0.05, 0) is 92.4 Å². The van der Waals surface area contributed by atoms with Crippen molar-refractivity contribution < 1.29 is 9.13 Å². The lowest BCUT2D eigenvalue weighted by atomic mass is 9.68. The molecule has 1 spiro atoms. The Kier molecular flexibility index (Phi) is 3.97. The van der Waals surface area contributed by atoms with Crippen LogP contribution < -0.4 is 0 Å². The number of hydrogen-bond donors (Lipinski definition) is 1. The van der Waals surface area contributed by atoms with Gasteiger partial charge in [-0.2, -0.15) is 11.3 Å². The molecular formula is C22H25FN2OS. The van der Waals surface area contributed by atoms with E-state index < -0.39 is 0 Å². The lowest BCUT2D eigenvalue weighted by Crippen LogP contribution is -2.49. The molecule has 0 bridgehead atoms. The Morgan fingerprint density at radius 3 is 2.67 bits per heavy atom. The Bertz CT molecular complexity index is 968. The molecule has 27 heavy (non-hydrogen) atoms. The molecule has 1 aliphatic heterocycles. The summed E-state index contributed by atoms with van der Waals surface area (Å²) in [6.45, 7) is 0.712. The molecule has 142 valence electrons. The fourth-order valence-electron chi connectivity index (χ4n) is 5.27. The third-order valence-corrected chi connectivity index (χ3v) is 7.54. The van der Waals surface area contributed by atoms with E-state index in [1.54, 1.807) is 17.4 Å². The van der Waals surface area contributed by atoms with Crippen LogP contribution in [0.25, 0.3) is 10.9 Å². The number of halogens is 1. The maximum absolute atomic E-state index is 13.8. The van der Waals surface area contributed by atoms with E-state index >= 15 is 0 Å². The maximum atomic E-state index is 13.8. The zero-order valence-corrected chi connectivity index (χ0v) is 16.7. The first-order valence-corrected chi connectivity index (χ1v) is 10.6. The highest BCUT2D eigenvalue weighted by atomic mass is 32.1. The fraction of sp³-hybridized carbons (Fsp3) is 0.455. The highest BCUT2D eigenvalue weighted by molar-refractivity contribution is 7.08. The van der Waals surface area contributed by atoms with Crippen LogP contribution in [0.3, 0.4) is 0 Å². The summed E-state index contributed by atoms with van der Waals surface area (Å²) in [7, 11) is 4.38. The number of rotatable bonds is 2. The molecule has 1 fully saturated rings. The van der Waals surface area contributed by atoms with Crippen LogP contribution in [0, 0.1) is 5.82 Å². The van der Waals surface area contributed by atoms with Crippen LogP contribution in [0.1, 0.15) is 42.5 Å². The predicted octanol–water partition coefficient (Wildman–Crippen LogP) is 5.17. The molecule has 3 nitrogen and oxygen atoms in total. The molecule has 0 unspecified atom stereocenters. The summed E-state index contributed by atoms with van der Waals surface area (Å²) in [6.07, 6.45) is 4.91. The van der Waals surface area contributed by atoms with Gasteiger partial charge in [0.2, 0.25) is 0 Å². The van der Waals surface area contributed by atoms with Gasteiger partial charge in [0, 0.05) is 16.4 Å². The molecule has 3 heterocycles. The van der Waals surface area contributed by atoms with Crippen molar-refractivity contribution in [3.8, 4) is 0 Å². The molecule has 3 aromatic rings. The molecule has 5 rings (SSSR count). The molecule has 2 aromatic heterocycles. The first-order valence-electron chi connectivity index (χ1n) is 9.69. The van der Waals surface area contributed by atoms with Gasteiger partial charge in [0.25, 0.3) is 0 Å². The first-order chi connectivity index (χ1) is 13.0. The zero-order valence-electron chi connectivity index (χ0n) is 15.8. The Morgan fingerprint density at radius 2 is 1.96 bits per heavy atom. The molecule has 1 aromatic carbocycles. The SMILES string of the molecule is CN(C)[C@]1(c2ccsc2)CC[C@@]2(CC1)OCCc1c3cc(F)ccc3[nH]c12. The first kappa shape index (κ1) is 17.4. The molecule has 0 amide bonds. The van der Waals surface area contributed by atoms with Crippen molar-refractivity contribution >= 4 is 22.2 Å². The van der Waals surface area contributed by atoms with Gasteiger partial charge in [-0.3, -0.25) is 4.90 Å². The van der Waals surface area contributed by atoms with Gasteiger partial charge >= 0.3 is 0 Å². The van der Waals surface area contributed by atoms with Gasteiger partial charge in [-0.1, -0.05) is 0 Å². The van der Waals surface area contributed by atoms with E-state index in [2.05, 4.69) is 40.8 Å². The monoisotopic (exact) mass is 384 g/mol. The summed E-state index contributed by atoms with van der Waals surface area (Å²) in [5, 5.41) is 5.48. The molecular weight excluding hydrogens is 359 g/mol. The van der Waals surface area contributed by atoms with E-state index in [0.717, 1.165) is 43.0 Å². The van der Waals surface area contributed by atoms with Crippen molar-refractivity contribution in [3.05, 3.63) is 57.7 Å². The lowest BCUT2D eigenvalue weighted by molar-refractivity contribution is -0.113. The molecule has 1 N–H and O–H groups in total. The van der Waals surface area contributed by atoms with Gasteiger partial charge in [-0.15, -0.1) is 0 Å². The van der Waals surface area contributed by atoms with Gasteiger partial charge in [-0.25, -0.2) is 4.39 Å². The standard InChI is InChI=1S/C22H25FN2OS/c1-25(2)21(15-6-12-27-14-15)7-9-22(10-8-21)20-17(5-11-26-22)18-13-16(23)3-4-19(18)24-20/h3-4,6,12-14,24H,5,7-11H2,1-2H3/t21-,22+. The highest BCUT2D eigenvalue weighted by Gasteiger charge is 2.49. The van der Waals surface area contributed by atoms with E-state index in [4.69, 9.17) is 4.74 Å². The normalized spacial score (nSPS) is 28.1. The van der Waals surface area contributed by atoms with E-state index in [-0.39, 0.29) is 17.0 Å². The van der Waals surface area contributed by atoms with Crippen LogP contribution in [0.5, 0.6) is 0 Å². The van der Waals surface area contributed by atoms with Gasteiger partial charge < -0.3 is 9.72 Å². The second-order valence-electron chi connectivity index (χ2n) is 8.20. The summed E-state index contributed by atoms with van der Waals surface area (Å²) in [6, 6.07) is 7.32. The quantitative estimate of drug-likeness (QED) is 0.660. The number of thiophene rings is 1. The van der Waals surface area contributed by atoms with Crippen molar-refractivity contribution in [2.75, 3.05) is 20.7 Å². The van der Waals surface area contributed by atoms with Crippen molar-refractivity contribution in [1.29, 1.82) is 0 Å². The van der Waals surface area contributed by atoms with Gasteiger partial charge in [0.05, 0.1) is 12.3 Å². The van der Waals surface area contributed by atoms with Gasteiger partial charge in [0.1, 0.15) is 11.4 Å². The van der Waals surface area contributed by atoms with Crippen molar-refractivity contribution in [2.45, 2.75) is 43.2 Å². The minimum Gasteiger partial charge on any atom is -0.368 e. The van der Waals surface area contributed by atoms with E-state index in [0.29, 0.717) is 6.61 Å². The Labute approximate surface area is 163 Å². The molecule has 2 aliphatic rings. The minimum atomic E-state index is -0.265. The summed E-state index contributed by atoms with van der Waals surface area (Å²) in [5.41, 5.74) is 4.69. The largest absolute Gasteiger partial charge is 0.368 e. The van der Waals surface area contributed by atoms with Crippen molar-refractivity contribution in [3.63, 3.8) is 0 Å². The van der Waals surface area contributed by atoms with Crippen LogP contribution in [0.2, 0.25) is 0 Å². The molecule has 0 radical (unpaired) electrons. The Balaban J connectivity index is 1.54. The predicted molar refractivity (Wildman–Crippen MR) is 108 cm³/mol. The minimum absolute atomic E-state index is 0.0738. The number of aromatic amines is 1. The molecule has 0 atom stereocenters. The molecule has 0 saturated heterocycles. The number of hydrogen-bond acceptors (Lipinski definition) is 3. The lowest BCUT2D eigenvalue weighted by Gasteiger charge is -2.50. The van der Waals surface area contributed by atoms with Crippen LogP contribution in [0.15, 0.2) is 35.0 Å². The molecule has 1 saturated carbocycles. The van der Waals surface area contributed by atoms with Crippen LogP contribution in [-0.4, -0.2) is 30.6 Å². The summed E-state index contributed by atoms with van der Waals surface area (Å²) in [4.78, 5) is 5.97. The number of benzene rings is 1. The fourth-order valence-corrected chi connectivity index (χ4v) is 6.02. The van der Waals surface area contributed by atoms with E-state index in [1.807, 2.05) is 6.07 Å². The molecule has 1 aliphatic carbocycles. The second-order valence-corrected chi connectivity index (χ2v) is 8.98. The third kappa shape index (κ3) is 2.52. The number of nitrogens with zero attached hydrogens (tertiary/aromatic N) is 1. The Hall–Kier alpha value is -1.69. The zero-order chi connectivity index (χ0) is 18.6. The summed E-state index contributed by atoms with van der Waals surface area (Å²) < 4.78 is 20.3. The van der Waals surface area contributed by atoms with Crippen LogP contribution in [-0.2, 0) is 22.3 Å². The summed E-state index contributed by atoms with van der Waals surface area (Å²) in [5.74, 6) is -0.169. The number of H-pyrrole nitrogens is 1. The number of aromatic nitrogens is 1. The van der Waals surface area contributed by atoms with Crippen LogP contribution >= 0.6 is 11.3 Å². The van der Waals surface area contributed by atoms with E-state index in [9.17, 15) is 4.39 Å². The van der Waals surface area contributed by atoms with E-state index in [1.165, 1.54) is 22.9 Å². The maximum Gasteiger partial charge on any atom is 0.123 e. The number of nitrogens with one attached hydrogen (secondary N) is 1. The highest BCUT2D eigenvalue weighted by Crippen LogP contribution is 2.52. The number of fused-ring (bicyclic) bond motifs is 4. The molecule has 5 heteroatoms. The van der Waals surface area contributed by atoms with Gasteiger partial charge in [0.15, 0.2) is 0 Å². The topological polar surface area (TPSA) is 28.3 Å². The summed E-state index contributed by atoms with van der Waals surface area (Å²) >= 11 is 1.77. The van der Waals surface area contributed by atoms with Crippen molar-refractivity contribution in [1.82, 2.24) is 9.88 Å². The number of ether oxygens (including phenoxy) is 1. The van der Waals surface area contributed by atoms with Crippen molar-refractivity contribution in [2.24, 2.45) is 0 Å². The average Bonchev–Trinajstić information content (AvgIpc) is 3.32. The second kappa shape index (κ2) is 6.16. The average molecular weight is 385 g/mol.